The third-order valence-electron chi connectivity index (χ3n) is 5.65. The molecule has 0 aliphatic carbocycles. The Kier molecular flexibility index (Phi) is 5.47. The quantitative estimate of drug-likeness (QED) is 0.678. The smallest absolute Gasteiger partial charge is 0.257 e. The molecule has 0 radical (unpaired) electrons. The minimum absolute atomic E-state index is 0.0810. The molecule has 2 aromatic heterocycles. The van der Waals surface area contributed by atoms with Crippen molar-refractivity contribution in [2.75, 3.05) is 13.1 Å². The molecule has 0 bridgehead atoms. The van der Waals surface area contributed by atoms with Gasteiger partial charge in [-0.05, 0) is 56.4 Å². The van der Waals surface area contributed by atoms with Crippen molar-refractivity contribution in [3.63, 3.8) is 0 Å². The Balaban J connectivity index is 1.53. The van der Waals surface area contributed by atoms with Crippen molar-refractivity contribution in [3.05, 3.63) is 82.4 Å². The van der Waals surface area contributed by atoms with Crippen LogP contribution in [0, 0.1) is 13.8 Å². The van der Waals surface area contributed by atoms with Crippen LogP contribution in [0.5, 0.6) is 0 Å². The fourth-order valence-corrected chi connectivity index (χ4v) is 4.29. The first-order chi connectivity index (χ1) is 14.0. The number of amides is 1. The highest BCUT2D eigenvalue weighted by Crippen LogP contribution is 2.28. The molecule has 29 heavy (non-hydrogen) atoms. The molecule has 1 aliphatic heterocycles. The average Bonchev–Trinajstić information content (AvgIpc) is 3.06. The van der Waals surface area contributed by atoms with E-state index in [1.54, 1.807) is 4.68 Å². The van der Waals surface area contributed by atoms with Gasteiger partial charge in [0.05, 0.1) is 11.3 Å². The van der Waals surface area contributed by atoms with Gasteiger partial charge in [0.15, 0.2) is 0 Å². The van der Waals surface area contributed by atoms with E-state index in [-0.39, 0.29) is 11.8 Å². The average molecular weight is 389 g/mol. The molecule has 3 heterocycles. The van der Waals surface area contributed by atoms with E-state index < -0.39 is 0 Å². The van der Waals surface area contributed by atoms with E-state index in [9.17, 15) is 4.79 Å². The number of benzene rings is 1. The maximum absolute atomic E-state index is 13.0. The Morgan fingerprint density at radius 3 is 2.66 bits per heavy atom. The minimum Gasteiger partial charge on any atom is -0.338 e. The van der Waals surface area contributed by atoms with E-state index in [4.69, 9.17) is 4.98 Å². The highest BCUT2D eigenvalue weighted by atomic mass is 16.2. The lowest BCUT2D eigenvalue weighted by Crippen LogP contribution is -2.39. The van der Waals surface area contributed by atoms with Gasteiger partial charge in [0.2, 0.25) is 0 Å². The summed E-state index contributed by atoms with van der Waals surface area (Å²) in [6.07, 6.45) is 4.79. The molecular weight excluding hydrogens is 360 g/mol. The monoisotopic (exact) mass is 388 g/mol. The summed E-state index contributed by atoms with van der Waals surface area (Å²) in [6.45, 7) is 5.47. The molecule has 1 unspecified atom stereocenters. The third-order valence-corrected chi connectivity index (χ3v) is 5.65. The molecule has 1 saturated heterocycles. The van der Waals surface area contributed by atoms with Crippen LogP contribution in [0.4, 0.5) is 0 Å². The third kappa shape index (κ3) is 4.39. The number of hydrogen-bond acceptors (Lipinski definition) is 3. The predicted molar refractivity (Wildman–Crippen MR) is 114 cm³/mol. The molecule has 5 heteroatoms. The van der Waals surface area contributed by atoms with E-state index in [0.717, 1.165) is 42.9 Å². The van der Waals surface area contributed by atoms with Crippen LogP contribution in [0.25, 0.3) is 0 Å². The molecule has 0 N–H and O–H groups in total. The molecule has 3 aromatic rings. The Morgan fingerprint density at radius 1 is 1.14 bits per heavy atom. The Bertz CT molecular complexity index is 1010. The Hall–Kier alpha value is -2.95. The van der Waals surface area contributed by atoms with Gasteiger partial charge >= 0.3 is 0 Å². The van der Waals surface area contributed by atoms with E-state index in [1.165, 1.54) is 11.1 Å². The fourth-order valence-electron chi connectivity index (χ4n) is 4.29. The van der Waals surface area contributed by atoms with Crippen molar-refractivity contribution in [1.29, 1.82) is 0 Å². The fraction of sp³-hybridized carbons (Fsp3) is 0.375. The molecule has 1 atom stereocenters. The summed E-state index contributed by atoms with van der Waals surface area (Å²) >= 11 is 0. The maximum Gasteiger partial charge on any atom is 0.257 e. The zero-order valence-corrected chi connectivity index (χ0v) is 17.4. The van der Waals surface area contributed by atoms with E-state index in [0.29, 0.717) is 12.1 Å². The van der Waals surface area contributed by atoms with Gasteiger partial charge < -0.3 is 4.90 Å². The summed E-state index contributed by atoms with van der Waals surface area (Å²) < 4.78 is 1.71. The molecule has 4 rings (SSSR count). The number of likely N-dealkylation sites (tertiary alicyclic amines) is 1. The standard InChI is InChI=1S/C24H28N4O/c1-17-12-20(13-19-8-5-4-6-9-19)14-23(25-17)21-10-7-11-28(15-21)24(29)22-16-27(3)26-18(22)2/h4-6,8-9,12,14,16,21H,7,10-11,13,15H2,1-3H3. The van der Waals surface area contributed by atoms with Crippen molar-refractivity contribution in [2.45, 2.75) is 39.0 Å². The van der Waals surface area contributed by atoms with Crippen LogP contribution in [-0.4, -0.2) is 38.7 Å². The van der Waals surface area contributed by atoms with Crippen LogP contribution in [-0.2, 0) is 13.5 Å². The molecule has 150 valence electrons. The van der Waals surface area contributed by atoms with Crippen molar-refractivity contribution in [2.24, 2.45) is 7.05 Å². The van der Waals surface area contributed by atoms with Crippen molar-refractivity contribution >= 4 is 5.91 Å². The molecule has 1 amide bonds. The molecular formula is C24H28N4O. The lowest BCUT2D eigenvalue weighted by atomic mass is 9.92. The number of aryl methyl sites for hydroxylation is 3. The minimum atomic E-state index is 0.0810. The first kappa shape index (κ1) is 19.4. The first-order valence-electron chi connectivity index (χ1n) is 10.3. The summed E-state index contributed by atoms with van der Waals surface area (Å²) in [5.41, 5.74) is 6.23. The van der Waals surface area contributed by atoms with Crippen LogP contribution < -0.4 is 0 Å². The first-order valence-corrected chi connectivity index (χ1v) is 10.3. The second-order valence-electron chi connectivity index (χ2n) is 8.10. The summed E-state index contributed by atoms with van der Waals surface area (Å²) in [5, 5.41) is 4.32. The lowest BCUT2D eigenvalue weighted by molar-refractivity contribution is 0.0705. The topological polar surface area (TPSA) is 51.0 Å². The number of rotatable bonds is 4. The maximum atomic E-state index is 13.0. The number of aromatic nitrogens is 3. The molecule has 0 spiro atoms. The normalized spacial score (nSPS) is 16.8. The Labute approximate surface area is 172 Å². The zero-order valence-electron chi connectivity index (χ0n) is 17.4. The van der Waals surface area contributed by atoms with Crippen LogP contribution in [0.15, 0.2) is 48.7 Å². The molecule has 1 aromatic carbocycles. The number of hydrogen-bond donors (Lipinski definition) is 0. The number of nitrogens with zero attached hydrogens (tertiary/aromatic N) is 4. The SMILES string of the molecule is Cc1cc(Cc2ccccc2)cc(C2CCCN(C(=O)c3cn(C)nc3C)C2)n1. The summed E-state index contributed by atoms with van der Waals surface area (Å²) in [5.74, 6) is 0.358. The van der Waals surface area contributed by atoms with Crippen molar-refractivity contribution in [3.8, 4) is 0 Å². The van der Waals surface area contributed by atoms with Gasteiger partial charge in [0.1, 0.15) is 0 Å². The van der Waals surface area contributed by atoms with Crippen LogP contribution in [0.1, 0.15) is 57.3 Å². The Morgan fingerprint density at radius 2 is 1.93 bits per heavy atom. The summed E-state index contributed by atoms with van der Waals surface area (Å²) in [6, 6.07) is 14.9. The van der Waals surface area contributed by atoms with Gasteiger partial charge in [0.25, 0.3) is 5.91 Å². The highest BCUT2D eigenvalue weighted by Gasteiger charge is 2.28. The lowest BCUT2D eigenvalue weighted by Gasteiger charge is -2.32. The summed E-state index contributed by atoms with van der Waals surface area (Å²) in [7, 11) is 1.85. The second-order valence-corrected chi connectivity index (χ2v) is 8.10. The van der Waals surface area contributed by atoms with Crippen LogP contribution in [0.2, 0.25) is 0 Å². The van der Waals surface area contributed by atoms with Gasteiger partial charge in [-0.15, -0.1) is 0 Å². The van der Waals surface area contributed by atoms with E-state index >= 15 is 0 Å². The number of carbonyl (C=O) groups is 1. The number of pyridine rings is 1. The van der Waals surface area contributed by atoms with Crippen LogP contribution >= 0.6 is 0 Å². The van der Waals surface area contributed by atoms with Gasteiger partial charge in [-0.3, -0.25) is 14.5 Å². The largest absolute Gasteiger partial charge is 0.338 e. The van der Waals surface area contributed by atoms with Gasteiger partial charge in [-0.2, -0.15) is 5.10 Å². The number of carbonyl (C=O) groups excluding carboxylic acids is 1. The molecule has 0 saturated carbocycles. The van der Waals surface area contributed by atoms with Crippen LogP contribution in [0.3, 0.4) is 0 Å². The van der Waals surface area contributed by atoms with Crippen molar-refractivity contribution < 1.29 is 4.79 Å². The van der Waals surface area contributed by atoms with E-state index in [1.807, 2.05) is 31.1 Å². The predicted octanol–water partition coefficient (Wildman–Crippen LogP) is 4.04. The molecule has 1 aliphatic rings. The molecule has 5 nitrogen and oxygen atoms in total. The van der Waals surface area contributed by atoms with Gasteiger partial charge in [0, 0.05) is 43.6 Å². The van der Waals surface area contributed by atoms with Gasteiger partial charge in [-0.25, -0.2) is 0 Å². The molecule has 1 fully saturated rings. The van der Waals surface area contributed by atoms with Gasteiger partial charge in [-0.1, -0.05) is 30.3 Å². The number of piperidine rings is 1. The zero-order chi connectivity index (χ0) is 20.4. The highest BCUT2D eigenvalue weighted by molar-refractivity contribution is 5.95. The van der Waals surface area contributed by atoms with Crippen molar-refractivity contribution in [1.82, 2.24) is 19.7 Å². The summed E-state index contributed by atoms with van der Waals surface area (Å²) in [4.78, 5) is 19.8. The second kappa shape index (κ2) is 8.19. The van der Waals surface area contributed by atoms with E-state index in [2.05, 4.69) is 48.4 Å².